The molecule has 3 nitrogen and oxygen atoms in total. The molecule has 1 aromatic carbocycles. The van der Waals surface area contributed by atoms with Crippen molar-refractivity contribution < 1.29 is 0 Å². The molecule has 2 aromatic rings. The van der Waals surface area contributed by atoms with Crippen LogP contribution in [0.4, 0.5) is 5.69 Å². The standard InChI is InChI=1S/C12H15N3/c1-9-12(15(3)8-14-9)10-4-6-11(13-2)7-5-10/h4-8,13H,1-3H3. The molecule has 78 valence electrons. The Balaban J connectivity index is 2.45. The van der Waals surface area contributed by atoms with Crippen LogP contribution in [0.2, 0.25) is 0 Å². The molecule has 0 bridgehead atoms. The van der Waals surface area contributed by atoms with E-state index in [1.807, 2.05) is 31.9 Å². The van der Waals surface area contributed by atoms with Crippen LogP contribution >= 0.6 is 0 Å². The number of aryl methyl sites for hydroxylation is 2. The molecule has 0 saturated heterocycles. The molecular formula is C12H15N3. The second kappa shape index (κ2) is 3.77. The van der Waals surface area contributed by atoms with Gasteiger partial charge in [-0.2, -0.15) is 0 Å². The lowest BCUT2D eigenvalue weighted by atomic mass is 10.1. The minimum absolute atomic E-state index is 1.06. The average Bonchev–Trinajstić information content (AvgIpc) is 2.59. The molecule has 15 heavy (non-hydrogen) atoms. The Morgan fingerprint density at radius 2 is 1.87 bits per heavy atom. The number of anilines is 1. The molecule has 0 aliphatic carbocycles. The Hall–Kier alpha value is -1.77. The molecule has 0 unspecified atom stereocenters. The molecular weight excluding hydrogens is 186 g/mol. The third-order valence-corrected chi connectivity index (χ3v) is 2.57. The molecule has 0 saturated carbocycles. The molecule has 0 aliphatic rings. The zero-order chi connectivity index (χ0) is 10.8. The molecule has 0 aliphatic heterocycles. The van der Waals surface area contributed by atoms with Gasteiger partial charge in [-0.05, 0) is 19.1 Å². The van der Waals surface area contributed by atoms with Crippen LogP contribution in [0.15, 0.2) is 30.6 Å². The van der Waals surface area contributed by atoms with Gasteiger partial charge in [0, 0.05) is 25.3 Å². The minimum Gasteiger partial charge on any atom is -0.388 e. The number of rotatable bonds is 2. The van der Waals surface area contributed by atoms with Crippen molar-refractivity contribution in [2.75, 3.05) is 12.4 Å². The van der Waals surface area contributed by atoms with E-state index in [-0.39, 0.29) is 0 Å². The first-order chi connectivity index (χ1) is 7.22. The smallest absolute Gasteiger partial charge is 0.0951 e. The molecule has 1 N–H and O–H groups in total. The topological polar surface area (TPSA) is 29.9 Å². The zero-order valence-corrected chi connectivity index (χ0v) is 9.28. The fourth-order valence-electron chi connectivity index (χ4n) is 1.75. The zero-order valence-electron chi connectivity index (χ0n) is 9.28. The van der Waals surface area contributed by atoms with Crippen LogP contribution in [0, 0.1) is 6.92 Å². The average molecular weight is 201 g/mol. The molecule has 0 spiro atoms. The third kappa shape index (κ3) is 1.73. The van der Waals surface area contributed by atoms with Gasteiger partial charge in [0.25, 0.3) is 0 Å². The highest BCUT2D eigenvalue weighted by Crippen LogP contribution is 2.23. The van der Waals surface area contributed by atoms with E-state index < -0.39 is 0 Å². The van der Waals surface area contributed by atoms with Crippen LogP contribution in [-0.4, -0.2) is 16.6 Å². The van der Waals surface area contributed by atoms with Crippen LogP contribution in [0.1, 0.15) is 5.69 Å². The summed E-state index contributed by atoms with van der Waals surface area (Å²) in [5, 5.41) is 3.11. The van der Waals surface area contributed by atoms with Crippen LogP contribution in [0.5, 0.6) is 0 Å². The molecule has 0 radical (unpaired) electrons. The number of nitrogens with zero attached hydrogens (tertiary/aromatic N) is 2. The van der Waals surface area contributed by atoms with E-state index >= 15 is 0 Å². The summed E-state index contributed by atoms with van der Waals surface area (Å²) in [7, 11) is 3.94. The Morgan fingerprint density at radius 3 is 2.33 bits per heavy atom. The Morgan fingerprint density at radius 1 is 1.20 bits per heavy atom. The van der Waals surface area contributed by atoms with Crippen LogP contribution in [0.25, 0.3) is 11.3 Å². The van der Waals surface area contributed by atoms with Gasteiger partial charge in [-0.1, -0.05) is 12.1 Å². The number of hydrogen-bond acceptors (Lipinski definition) is 2. The van der Waals surface area contributed by atoms with Gasteiger partial charge in [0.2, 0.25) is 0 Å². The van der Waals surface area contributed by atoms with Crippen molar-refractivity contribution in [3.8, 4) is 11.3 Å². The lowest BCUT2D eigenvalue weighted by Crippen LogP contribution is -1.92. The molecule has 2 rings (SSSR count). The Labute approximate surface area is 89.8 Å². The second-order valence-corrected chi connectivity index (χ2v) is 3.62. The van der Waals surface area contributed by atoms with Crippen molar-refractivity contribution in [2.45, 2.75) is 6.92 Å². The van der Waals surface area contributed by atoms with E-state index in [1.54, 1.807) is 0 Å². The minimum atomic E-state index is 1.06. The van der Waals surface area contributed by atoms with Crippen molar-refractivity contribution >= 4 is 5.69 Å². The van der Waals surface area contributed by atoms with Gasteiger partial charge < -0.3 is 9.88 Å². The number of nitrogens with one attached hydrogen (secondary N) is 1. The largest absolute Gasteiger partial charge is 0.388 e. The SMILES string of the molecule is CNc1ccc(-c2c(C)ncn2C)cc1. The fourth-order valence-corrected chi connectivity index (χ4v) is 1.75. The second-order valence-electron chi connectivity index (χ2n) is 3.62. The van der Waals surface area contributed by atoms with E-state index in [9.17, 15) is 0 Å². The van der Waals surface area contributed by atoms with Gasteiger partial charge in [0.15, 0.2) is 0 Å². The van der Waals surface area contributed by atoms with Crippen molar-refractivity contribution in [3.63, 3.8) is 0 Å². The van der Waals surface area contributed by atoms with E-state index in [0.717, 1.165) is 11.4 Å². The lowest BCUT2D eigenvalue weighted by Gasteiger charge is -2.05. The monoisotopic (exact) mass is 201 g/mol. The summed E-state index contributed by atoms with van der Waals surface area (Å²) in [5.41, 5.74) is 4.57. The van der Waals surface area contributed by atoms with E-state index in [0.29, 0.717) is 0 Å². The van der Waals surface area contributed by atoms with E-state index in [2.05, 4.69) is 34.6 Å². The van der Waals surface area contributed by atoms with Gasteiger partial charge in [-0.3, -0.25) is 0 Å². The molecule has 1 aromatic heterocycles. The molecule has 0 atom stereocenters. The highest BCUT2D eigenvalue weighted by molar-refractivity contribution is 5.65. The van der Waals surface area contributed by atoms with E-state index in [4.69, 9.17) is 0 Å². The number of hydrogen-bond donors (Lipinski definition) is 1. The van der Waals surface area contributed by atoms with E-state index in [1.165, 1.54) is 11.3 Å². The first-order valence-electron chi connectivity index (χ1n) is 4.98. The van der Waals surface area contributed by atoms with Crippen LogP contribution in [-0.2, 0) is 7.05 Å². The van der Waals surface area contributed by atoms with Gasteiger partial charge >= 0.3 is 0 Å². The maximum absolute atomic E-state index is 4.28. The Bertz CT molecular complexity index is 435. The highest BCUT2D eigenvalue weighted by atomic mass is 15.0. The normalized spacial score (nSPS) is 10.3. The summed E-state index contributed by atoms with van der Waals surface area (Å²) in [6.07, 6.45) is 1.84. The number of benzene rings is 1. The van der Waals surface area contributed by atoms with Crippen molar-refractivity contribution in [1.29, 1.82) is 0 Å². The summed E-state index contributed by atoms with van der Waals surface area (Å²) in [6, 6.07) is 8.36. The van der Waals surface area contributed by atoms with Crippen molar-refractivity contribution in [2.24, 2.45) is 7.05 Å². The first-order valence-corrected chi connectivity index (χ1v) is 4.98. The third-order valence-electron chi connectivity index (χ3n) is 2.57. The number of aromatic nitrogens is 2. The lowest BCUT2D eigenvalue weighted by molar-refractivity contribution is 0.921. The maximum Gasteiger partial charge on any atom is 0.0951 e. The van der Waals surface area contributed by atoms with Gasteiger partial charge in [0.1, 0.15) is 0 Å². The quantitative estimate of drug-likeness (QED) is 0.808. The van der Waals surface area contributed by atoms with Crippen LogP contribution in [0.3, 0.4) is 0 Å². The highest BCUT2D eigenvalue weighted by Gasteiger charge is 2.06. The first kappa shape index (κ1) is 9.77. The summed E-state index contributed by atoms with van der Waals surface area (Å²) in [6.45, 7) is 2.03. The molecule has 1 heterocycles. The van der Waals surface area contributed by atoms with Gasteiger partial charge in [-0.25, -0.2) is 4.98 Å². The maximum atomic E-state index is 4.28. The van der Waals surface area contributed by atoms with Gasteiger partial charge in [0.05, 0.1) is 17.7 Å². The Kier molecular flexibility index (Phi) is 2.46. The molecule has 0 fully saturated rings. The summed E-state index contributed by atoms with van der Waals surface area (Å²) >= 11 is 0. The predicted molar refractivity (Wildman–Crippen MR) is 62.9 cm³/mol. The summed E-state index contributed by atoms with van der Waals surface area (Å²) in [5.74, 6) is 0. The summed E-state index contributed by atoms with van der Waals surface area (Å²) < 4.78 is 2.05. The summed E-state index contributed by atoms with van der Waals surface area (Å²) in [4.78, 5) is 4.28. The molecule has 3 heteroatoms. The van der Waals surface area contributed by atoms with Gasteiger partial charge in [-0.15, -0.1) is 0 Å². The molecule has 0 amide bonds. The van der Waals surface area contributed by atoms with Crippen LogP contribution < -0.4 is 5.32 Å². The van der Waals surface area contributed by atoms with Crippen molar-refractivity contribution in [1.82, 2.24) is 9.55 Å². The number of imidazole rings is 1. The fraction of sp³-hybridized carbons (Fsp3) is 0.250. The van der Waals surface area contributed by atoms with Crippen molar-refractivity contribution in [3.05, 3.63) is 36.3 Å². The predicted octanol–water partition coefficient (Wildman–Crippen LogP) is 2.44.